The van der Waals surface area contributed by atoms with E-state index in [4.69, 9.17) is 0 Å². The van der Waals surface area contributed by atoms with Crippen molar-refractivity contribution in [1.82, 2.24) is 9.13 Å². The highest BCUT2D eigenvalue weighted by molar-refractivity contribution is 6.12. The molecule has 0 unspecified atom stereocenters. The van der Waals surface area contributed by atoms with E-state index < -0.39 is 5.41 Å². The van der Waals surface area contributed by atoms with E-state index in [1.165, 1.54) is 105 Å². The molecule has 0 saturated heterocycles. The van der Waals surface area contributed by atoms with Crippen LogP contribution in [-0.2, 0) is 5.41 Å². The normalized spacial score (nSPS) is 12.9. The van der Waals surface area contributed by atoms with E-state index in [1.54, 1.807) is 0 Å². The number of benzene rings is 10. The molecule has 0 radical (unpaired) electrons. The van der Waals surface area contributed by atoms with Crippen LogP contribution in [0.5, 0.6) is 0 Å². The fourth-order valence-electron chi connectivity index (χ4n) is 11.0. The average Bonchev–Trinajstić information content (AvgIpc) is 3.98. The molecule has 0 spiro atoms. The van der Waals surface area contributed by atoms with Crippen LogP contribution in [0, 0.1) is 0 Å². The van der Waals surface area contributed by atoms with E-state index in [9.17, 15) is 0 Å². The van der Waals surface area contributed by atoms with Gasteiger partial charge in [0.25, 0.3) is 0 Å². The number of hydrogen-bond donors (Lipinski definition) is 0. The van der Waals surface area contributed by atoms with E-state index in [-0.39, 0.29) is 0 Å². The predicted octanol–water partition coefficient (Wildman–Crippen LogP) is 15.6. The Morgan fingerprint density at radius 3 is 1.52 bits per heavy atom. The topological polar surface area (TPSA) is 9.86 Å². The molecule has 1 aliphatic carbocycles. The third-order valence-corrected chi connectivity index (χ3v) is 13.6. The summed E-state index contributed by atoms with van der Waals surface area (Å²) in [6.07, 6.45) is 0. The fourth-order valence-corrected chi connectivity index (χ4v) is 11.0. The Hall–Kier alpha value is -8.20. The number of fused-ring (bicyclic) bond motifs is 9. The molecule has 294 valence electrons. The Kier molecular flexibility index (Phi) is 7.85. The lowest BCUT2D eigenvalue weighted by Crippen LogP contribution is -2.30. The molecule has 63 heavy (non-hydrogen) atoms. The van der Waals surface area contributed by atoms with Crippen LogP contribution in [0.15, 0.2) is 243 Å². The number of aromatic nitrogens is 2. The summed E-state index contributed by atoms with van der Waals surface area (Å²) >= 11 is 0. The number of para-hydroxylation sites is 3. The molecule has 2 aromatic heterocycles. The number of nitrogens with zero attached hydrogens (tertiary/aromatic N) is 2. The van der Waals surface area contributed by atoms with Crippen LogP contribution in [-0.4, -0.2) is 9.13 Å². The molecule has 12 aromatic rings. The largest absolute Gasteiger partial charge is 0.309 e. The summed E-state index contributed by atoms with van der Waals surface area (Å²) in [7, 11) is 0. The molecule has 0 amide bonds. The van der Waals surface area contributed by atoms with Crippen LogP contribution in [0.25, 0.3) is 88.4 Å². The molecule has 2 nitrogen and oxygen atoms in total. The van der Waals surface area contributed by atoms with Crippen molar-refractivity contribution in [3.8, 4) is 44.8 Å². The highest BCUT2D eigenvalue weighted by Crippen LogP contribution is 2.57. The smallest absolute Gasteiger partial charge is 0.0733 e. The van der Waals surface area contributed by atoms with Gasteiger partial charge in [-0.05, 0) is 104 Å². The van der Waals surface area contributed by atoms with Gasteiger partial charge >= 0.3 is 0 Å². The molecule has 0 bridgehead atoms. The van der Waals surface area contributed by atoms with Crippen LogP contribution in [0.1, 0.15) is 22.3 Å². The van der Waals surface area contributed by atoms with Crippen LogP contribution in [0.3, 0.4) is 0 Å². The second-order valence-corrected chi connectivity index (χ2v) is 16.8. The van der Waals surface area contributed by atoms with E-state index in [1.807, 2.05) is 0 Å². The molecular formula is C61H40N2. The van der Waals surface area contributed by atoms with Gasteiger partial charge in [0.1, 0.15) is 0 Å². The second kappa shape index (κ2) is 13.9. The first-order valence-corrected chi connectivity index (χ1v) is 21.8. The van der Waals surface area contributed by atoms with Gasteiger partial charge in [-0.3, -0.25) is 0 Å². The SMILES string of the molecule is c1ccc(-c2cccc(-n3c4ccccc4c4cc(-c5ccc6c7ccccc7n(-c7ccccc7C7(c8ccccc8)c8ccccc8-c8ccccc87)c6c5)ccc43)c2)cc1. The molecule has 0 fully saturated rings. The minimum Gasteiger partial charge on any atom is -0.309 e. The van der Waals surface area contributed by atoms with Crippen molar-refractivity contribution in [2.75, 3.05) is 0 Å². The van der Waals surface area contributed by atoms with Crippen LogP contribution < -0.4 is 0 Å². The van der Waals surface area contributed by atoms with E-state index in [0.29, 0.717) is 0 Å². The van der Waals surface area contributed by atoms with Gasteiger partial charge in [0.15, 0.2) is 0 Å². The fraction of sp³-hybridized carbons (Fsp3) is 0.0164. The zero-order valence-corrected chi connectivity index (χ0v) is 34.5. The average molecular weight is 801 g/mol. The molecule has 2 heterocycles. The molecule has 2 heteroatoms. The van der Waals surface area contributed by atoms with Gasteiger partial charge in [-0.2, -0.15) is 0 Å². The maximum absolute atomic E-state index is 2.53. The zero-order valence-electron chi connectivity index (χ0n) is 34.5. The third kappa shape index (κ3) is 5.19. The van der Waals surface area contributed by atoms with Gasteiger partial charge in [0, 0.05) is 27.2 Å². The Bertz CT molecular complexity index is 3690. The summed E-state index contributed by atoms with van der Waals surface area (Å²) in [6, 6.07) is 89.6. The Morgan fingerprint density at radius 1 is 0.270 bits per heavy atom. The molecule has 1 aliphatic rings. The molecule has 0 N–H and O–H groups in total. The molecule has 13 rings (SSSR count). The van der Waals surface area contributed by atoms with Gasteiger partial charge in [-0.15, -0.1) is 0 Å². The molecule has 10 aromatic carbocycles. The third-order valence-electron chi connectivity index (χ3n) is 13.6. The summed E-state index contributed by atoms with van der Waals surface area (Å²) in [5.41, 5.74) is 19.1. The minimum absolute atomic E-state index is 0.541. The first-order valence-electron chi connectivity index (χ1n) is 21.8. The van der Waals surface area contributed by atoms with Crippen molar-refractivity contribution in [3.05, 3.63) is 265 Å². The first-order chi connectivity index (χ1) is 31.3. The highest BCUT2D eigenvalue weighted by atomic mass is 15.0. The van der Waals surface area contributed by atoms with E-state index in [0.717, 1.165) is 5.69 Å². The van der Waals surface area contributed by atoms with Gasteiger partial charge in [-0.1, -0.05) is 194 Å². The van der Waals surface area contributed by atoms with Crippen molar-refractivity contribution in [3.63, 3.8) is 0 Å². The summed E-state index contributed by atoms with van der Waals surface area (Å²) in [6.45, 7) is 0. The summed E-state index contributed by atoms with van der Waals surface area (Å²) < 4.78 is 4.95. The quantitative estimate of drug-likeness (QED) is 0.159. The summed E-state index contributed by atoms with van der Waals surface area (Å²) in [5, 5.41) is 4.96. The van der Waals surface area contributed by atoms with Gasteiger partial charge in [0.05, 0.1) is 33.2 Å². The molecule has 0 atom stereocenters. The maximum Gasteiger partial charge on any atom is 0.0733 e. The van der Waals surface area contributed by atoms with Crippen LogP contribution in [0.2, 0.25) is 0 Å². The lowest BCUT2D eigenvalue weighted by molar-refractivity contribution is 0.761. The van der Waals surface area contributed by atoms with Crippen molar-refractivity contribution in [1.29, 1.82) is 0 Å². The minimum atomic E-state index is -0.541. The lowest BCUT2D eigenvalue weighted by Gasteiger charge is -2.35. The van der Waals surface area contributed by atoms with Gasteiger partial charge in [-0.25, -0.2) is 0 Å². The molecule has 0 saturated carbocycles. The van der Waals surface area contributed by atoms with Gasteiger partial charge < -0.3 is 9.13 Å². The lowest BCUT2D eigenvalue weighted by atomic mass is 9.67. The van der Waals surface area contributed by atoms with Crippen molar-refractivity contribution >= 4 is 43.6 Å². The predicted molar refractivity (Wildman–Crippen MR) is 263 cm³/mol. The van der Waals surface area contributed by atoms with Crippen LogP contribution >= 0.6 is 0 Å². The monoisotopic (exact) mass is 800 g/mol. The first kappa shape index (κ1) is 35.5. The van der Waals surface area contributed by atoms with Crippen molar-refractivity contribution in [2.24, 2.45) is 0 Å². The Balaban J connectivity index is 1.03. The van der Waals surface area contributed by atoms with E-state index >= 15 is 0 Å². The zero-order chi connectivity index (χ0) is 41.5. The van der Waals surface area contributed by atoms with Crippen LogP contribution in [0.4, 0.5) is 0 Å². The van der Waals surface area contributed by atoms with Crippen molar-refractivity contribution < 1.29 is 0 Å². The molecule has 0 aliphatic heterocycles. The van der Waals surface area contributed by atoms with Gasteiger partial charge in [0.2, 0.25) is 0 Å². The molecular weight excluding hydrogens is 761 g/mol. The summed E-state index contributed by atoms with van der Waals surface area (Å²) in [4.78, 5) is 0. The van der Waals surface area contributed by atoms with E-state index in [2.05, 4.69) is 252 Å². The maximum atomic E-state index is 2.53. The van der Waals surface area contributed by atoms with Crippen molar-refractivity contribution in [2.45, 2.75) is 5.41 Å². The highest BCUT2D eigenvalue weighted by Gasteiger charge is 2.47. The Labute approximate surface area is 366 Å². The summed E-state index contributed by atoms with van der Waals surface area (Å²) in [5.74, 6) is 0. The number of hydrogen-bond acceptors (Lipinski definition) is 0. The standard InChI is InChI=1S/C61H40N2/c1-3-18-41(19-4-1)42-20-17-23-46(38-42)62-56-31-14-10-27-50(56)52-39-43(35-37-58(52)62)44-34-36-51-49-26-9-15-32-57(49)63(60(51)40-44)59-33-16-13-30-55(59)61(45-21-5-2-6-22-45)53-28-11-7-24-47(53)48-25-8-12-29-54(48)61/h1-40H. The Morgan fingerprint density at radius 2 is 0.778 bits per heavy atom. The number of rotatable bonds is 6. The second-order valence-electron chi connectivity index (χ2n) is 16.8.